The SMILES string of the molecule is Clc1cc(CSc2nnnn2C2CCCCC2)cc2c1OCCO2. The van der Waals surface area contributed by atoms with E-state index in [1.54, 1.807) is 11.8 Å². The van der Waals surface area contributed by atoms with E-state index in [2.05, 4.69) is 15.5 Å². The molecule has 0 saturated heterocycles. The van der Waals surface area contributed by atoms with Gasteiger partial charge in [-0.05, 0) is 41.0 Å². The summed E-state index contributed by atoms with van der Waals surface area (Å²) in [7, 11) is 0. The highest BCUT2D eigenvalue weighted by Gasteiger charge is 2.21. The monoisotopic (exact) mass is 366 g/mol. The van der Waals surface area contributed by atoms with Crippen LogP contribution in [0.1, 0.15) is 43.7 Å². The molecule has 1 aromatic heterocycles. The summed E-state index contributed by atoms with van der Waals surface area (Å²) in [5, 5.41) is 13.7. The zero-order valence-corrected chi connectivity index (χ0v) is 14.9. The molecule has 0 N–H and O–H groups in total. The molecule has 0 radical (unpaired) electrons. The highest BCUT2D eigenvalue weighted by atomic mass is 35.5. The average Bonchev–Trinajstić information content (AvgIpc) is 3.09. The third-order valence-corrected chi connectivity index (χ3v) is 5.69. The first kappa shape index (κ1) is 16.0. The standard InChI is InChI=1S/C16H19ClN4O2S/c17-13-8-11(9-14-15(13)23-7-6-22-14)10-24-16-18-19-20-21(16)12-4-2-1-3-5-12/h8-9,12H,1-7,10H2. The number of hydrogen-bond acceptors (Lipinski definition) is 6. The molecule has 0 spiro atoms. The Morgan fingerprint density at radius 3 is 2.88 bits per heavy atom. The lowest BCUT2D eigenvalue weighted by Gasteiger charge is -2.22. The molecule has 8 heteroatoms. The highest BCUT2D eigenvalue weighted by molar-refractivity contribution is 7.98. The predicted octanol–water partition coefficient (Wildman–Crippen LogP) is 3.90. The van der Waals surface area contributed by atoms with Crippen LogP contribution < -0.4 is 9.47 Å². The van der Waals surface area contributed by atoms with Crippen molar-refractivity contribution in [3.63, 3.8) is 0 Å². The van der Waals surface area contributed by atoms with Gasteiger partial charge in [-0.15, -0.1) is 5.10 Å². The molecule has 1 saturated carbocycles. The zero-order valence-electron chi connectivity index (χ0n) is 13.3. The Morgan fingerprint density at radius 2 is 2.00 bits per heavy atom. The smallest absolute Gasteiger partial charge is 0.209 e. The Labute approximate surface area is 149 Å². The van der Waals surface area contributed by atoms with Gasteiger partial charge < -0.3 is 9.47 Å². The molecule has 1 aromatic carbocycles. The maximum absolute atomic E-state index is 6.30. The first-order valence-electron chi connectivity index (χ1n) is 8.30. The third kappa shape index (κ3) is 3.32. The van der Waals surface area contributed by atoms with E-state index >= 15 is 0 Å². The van der Waals surface area contributed by atoms with Crippen LogP contribution in [0.4, 0.5) is 0 Å². The van der Waals surface area contributed by atoms with E-state index in [4.69, 9.17) is 21.1 Å². The van der Waals surface area contributed by atoms with Crippen LogP contribution in [0.3, 0.4) is 0 Å². The van der Waals surface area contributed by atoms with E-state index in [0.29, 0.717) is 30.0 Å². The normalized spacial score (nSPS) is 17.9. The molecule has 1 aliphatic carbocycles. The van der Waals surface area contributed by atoms with Gasteiger partial charge in [-0.2, -0.15) is 0 Å². The van der Waals surface area contributed by atoms with Crippen molar-refractivity contribution in [3.05, 3.63) is 22.7 Å². The Morgan fingerprint density at radius 1 is 1.17 bits per heavy atom. The summed E-state index contributed by atoms with van der Waals surface area (Å²) in [5.41, 5.74) is 1.08. The number of halogens is 1. The first-order chi connectivity index (χ1) is 11.8. The second-order valence-electron chi connectivity index (χ2n) is 6.09. The van der Waals surface area contributed by atoms with Crippen LogP contribution in [-0.4, -0.2) is 33.4 Å². The molecule has 2 aliphatic rings. The lowest BCUT2D eigenvalue weighted by molar-refractivity contribution is 0.171. The van der Waals surface area contributed by atoms with Gasteiger partial charge in [0.25, 0.3) is 0 Å². The van der Waals surface area contributed by atoms with Gasteiger partial charge in [-0.3, -0.25) is 0 Å². The van der Waals surface area contributed by atoms with Gasteiger partial charge in [0.05, 0.1) is 11.1 Å². The zero-order chi connectivity index (χ0) is 16.4. The van der Waals surface area contributed by atoms with Gasteiger partial charge in [-0.1, -0.05) is 42.6 Å². The summed E-state index contributed by atoms with van der Waals surface area (Å²) in [5.74, 6) is 2.10. The van der Waals surface area contributed by atoms with E-state index in [1.165, 1.54) is 19.3 Å². The maximum atomic E-state index is 6.30. The lowest BCUT2D eigenvalue weighted by atomic mass is 9.96. The number of ether oxygens (including phenoxy) is 2. The summed E-state index contributed by atoms with van der Waals surface area (Å²) in [6.07, 6.45) is 6.15. The molecule has 2 aromatic rings. The first-order valence-corrected chi connectivity index (χ1v) is 9.66. The van der Waals surface area contributed by atoms with Crippen molar-refractivity contribution in [2.75, 3.05) is 13.2 Å². The molecule has 4 rings (SSSR count). The fourth-order valence-electron chi connectivity index (χ4n) is 3.23. The van der Waals surface area contributed by atoms with Gasteiger partial charge in [0, 0.05) is 5.75 Å². The number of aromatic nitrogens is 4. The van der Waals surface area contributed by atoms with Gasteiger partial charge in [0.2, 0.25) is 5.16 Å². The van der Waals surface area contributed by atoms with E-state index in [9.17, 15) is 0 Å². The number of tetrazole rings is 1. The Balaban J connectivity index is 1.48. The van der Waals surface area contributed by atoms with Crippen molar-refractivity contribution in [1.29, 1.82) is 0 Å². The molecular weight excluding hydrogens is 348 g/mol. The number of thioether (sulfide) groups is 1. The number of benzene rings is 1. The minimum Gasteiger partial charge on any atom is -0.486 e. The third-order valence-electron chi connectivity index (χ3n) is 4.41. The molecule has 1 fully saturated rings. The van der Waals surface area contributed by atoms with Crippen LogP contribution in [-0.2, 0) is 5.75 Å². The largest absolute Gasteiger partial charge is 0.486 e. The number of hydrogen-bond donors (Lipinski definition) is 0. The van der Waals surface area contributed by atoms with E-state index < -0.39 is 0 Å². The maximum Gasteiger partial charge on any atom is 0.209 e. The van der Waals surface area contributed by atoms with E-state index in [1.807, 2.05) is 16.8 Å². The summed E-state index contributed by atoms with van der Waals surface area (Å²) >= 11 is 7.93. The van der Waals surface area contributed by atoms with Crippen molar-refractivity contribution in [3.8, 4) is 11.5 Å². The van der Waals surface area contributed by atoms with Crippen LogP contribution in [0.15, 0.2) is 17.3 Å². The van der Waals surface area contributed by atoms with Crippen LogP contribution in [0.5, 0.6) is 11.5 Å². The molecule has 0 unspecified atom stereocenters. The minimum atomic E-state index is 0.431. The van der Waals surface area contributed by atoms with Crippen molar-refractivity contribution in [1.82, 2.24) is 20.2 Å². The summed E-state index contributed by atoms with van der Waals surface area (Å²) in [4.78, 5) is 0. The summed E-state index contributed by atoms with van der Waals surface area (Å²) in [6, 6.07) is 4.35. The lowest BCUT2D eigenvalue weighted by Crippen LogP contribution is -2.16. The quantitative estimate of drug-likeness (QED) is 0.765. The van der Waals surface area contributed by atoms with Gasteiger partial charge in [0.1, 0.15) is 13.2 Å². The van der Waals surface area contributed by atoms with Gasteiger partial charge in [0.15, 0.2) is 11.5 Å². The van der Waals surface area contributed by atoms with Crippen molar-refractivity contribution in [2.45, 2.75) is 49.1 Å². The molecule has 128 valence electrons. The molecule has 0 atom stereocenters. The Hall–Kier alpha value is -1.47. The second-order valence-corrected chi connectivity index (χ2v) is 7.44. The molecule has 1 aliphatic heterocycles. The Bertz CT molecular complexity index is 718. The second kappa shape index (κ2) is 7.19. The van der Waals surface area contributed by atoms with Crippen molar-refractivity contribution < 1.29 is 9.47 Å². The van der Waals surface area contributed by atoms with Crippen LogP contribution in [0, 0.1) is 0 Å². The molecule has 24 heavy (non-hydrogen) atoms. The van der Waals surface area contributed by atoms with Crippen molar-refractivity contribution in [2.24, 2.45) is 0 Å². The molecule has 2 heterocycles. The van der Waals surface area contributed by atoms with Gasteiger partial charge in [-0.25, -0.2) is 4.68 Å². The van der Waals surface area contributed by atoms with Gasteiger partial charge >= 0.3 is 0 Å². The number of nitrogens with zero attached hydrogens (tertiary/aromatic N) is 4. The molecule has 0 bridgehead atoms. The predicted molar refractivity (Wildman–Crippen MR) is 91.9 cm³/mol. The molecule has 6 nitrogen and oxygen atoms in total. The molecule has 0 amide bonds. The topological polar surface area (TPSA) is 62.1 Å². The fourth-order valence-corrected chi connectivity index (χ4v) is 4.39. The van der Waals surface area contributed by atoms with Crippen LogP contribution in [0.2, 0.25) is 5.02 Å². The number of fused-ring (bicyclic) bond motifs is 1. The summed E-state index contributed by atoms with van der Waals surface area (Å²) in [6.45, 7) is 1.09. The minimum absolute atomic E-state index is 0.431. The summed E-state index contributed by atoms with van der Waals surface area (Å²) < 4.78 is 13.2. The van der Waals surface area contributed by atoms with Crippen LogP contribution >= 0.6 is 23.4 Å². The Kier molecular flexibility index (Phi) is 4.80. The van der Waals surface area contributed by atoms with Crippen LogP contribution in [0.25, 0.3) is 0 Å². The van der Waals surface area contributed by atoms with Crippen molar-refractivity contribution >= 4 is 23.4 Å². The average molecular weight is 367 g/mol. The van der Waals surface area contributed by atoms with E-state index in [0.717, 1.165) is 35.1 Å². The fraction of sp³-hybridized carbons (Fsp3) is 0.562. The van der Waals surface area contributed by atoms with E-state index in [-0.39, 0.29) is 0 Å². The molecular formula is C16H19ClN4O2S. The highest BCUT2D eigenvalue weighted by Crippen LogP contribution is 2.39. The number of rotatable bonds is 4.